The summed E-state index contributed by atoms with van der Waals surface area (Å²) >= 11 is 1.38. The highest BCUT2D eigenvalue weighted by molar-refractivity contribution is 7.13. The largest absolute Gasteiger partial charge is 0.481 e. The fourth-order valence-electron chi connectivity index (χ4n) is 1.46. The summed E-state index contributed by atoms with van der Waals surface area (Å²) in [5, 5.41) is 14.8. The van der Waals surface area contributed by atoms with Crippen LogP contribution in [-0.2, 0) is 10.2 Å². The Balaban J connectivity index is 2.23. The van der Waals surface area contributed by atoms with Gasteiger partial charge in [0.25, 0.3) is 0 Å². The van der Waals surface area contributed by atoms with E-state index in [1.165, 1.54) is 11.3 Å². The number of nitrogens with one attached hydrogen (secondary N) is 1. The van der Waals surface area contributed by atoms with E-state index in [0.717, 1.165) is 11.4 Å². The molecule has 0 aliphatic carbocycles. The van der Waals surface area contributed by atoms with Crippen LogP contribution in [0, 0.1) is 6.92 Å². The molecule has 0 aromatic carbocycles. The second kappa shape index (κ2) is 4.97. The number of pyridine rings is 1. The Labute approximate surface area is 115 Å². The Morgan fingerprint density at radius 2 is 2.21 bits per heavy atom. The van der Waals surface area contributed by atoms with E-state index < -0.39 is 11.4 Å². The molecule has 0 amide bonds. The lowest BCUT2D eigenvalue weighted by Gasteiger charge is -2.15. The van der Waals surface area contributed by atoms with Gasteiger partial charge >= 0.3 is 5.97 Å². The average Bonchev–Trinajstić information content (AvgIpc) is 2.81. The van der Waals surface area contributed by atoms with Crippen LogP contribution in [0.3, 0.4) is 0 Å². The summed E-state index contributed by atoms with van der Waals surface area (Å²) in [4.78, 5) is 19.7. The minimum atomic E-state index is -0.986. The van der Waals surface area contributed by atoms with Crippen molar-refractivity contribution in [3.63, 3.8) is 0 Å². The third-order valence-electron chi connectivity index (χ3n) is 2.93. The van der Waals surface area contributed by atoms with Crippen LogP contribution < -0.4 is 5.32 Å². The summed E-state index contributed by atoms with van der Waals surface area (Å²) < 4.78 is 0. The van der Waals surface area contributed by atoms with E-state index in [1.54, 1.807) is 25.4 Å². The molecule has 0 aliphatic rings. The van der Waals surface area contributed by atoms with Crippen LogP contribution in [0.25, 0.3) is 0 Å². The number of nitrogens with zero attached hydrogens (tertiary/aromatic N) is 2. The topological polar surface area (TPSA) is 75.1 Å². The van der Waals surface area contributed by atoms with Crippen LogP contribution in [0.4, 0.5) is 10.8 Å². The molecule has 2 aromatic heterocycles. The van der Waals surface area contributed by atoms with E-state index in [-0.39, 0.29) is 0 Å². The number of carboxylic acids is 1. The van der Waals surface area contributed by atoms with E-state index in [2.05, 4.69) is 15.3 Å². The zero-order valence-corrected chi connectivity index (χ0v) is 11.8. The molecule has 0 unspecified atom stereocenters. The lowest BCUT2D eigenvalue weighted by molar-refractivity contribution is -0.142. The van der Waals surface area contributed by atoms with Gasteiger partial charge in [-0.1, -0.05) is 0 Å². The third-order valence-corrected chi connectivity index (χ3v) is 3.69. The maximum absolute atomic E-state index is 11.2. The van der Waals surface area contributed by atoms with Crippen molar-refractivity contribution in [3.05, 3.63) is 35.1 Å². The maximum Gasteiger partial charge on any atom is 0.315 e. The highest BCUT2D eigenvalue weighted by atomic mass is 32.1. The number of carboxylic acid groups (broad SMARTS) is 1. The SMILES string of the molecule is Cc1ncccc1Nc1nc(C(C)(C)C(=O)O)cs1. The van der Waals surface area contributed by atoms with Gasteiger partial charge in [0.1, 0.15) is 5.41 Å². The second-order valence-corrected chi connectivity index (χ2v) is 5.59. The van der Waals surface area contributed by atoms with E-state index in [1.807, 2.05) is 19.1 Å². The number of aromatic nitrogens is 2. The molecule has 6 heteroatoms. The van der Waals surface area contributed by atoms with Gasteiger partial charge in [-0.05, 0) is 32.9 Å². The van der Waals surface area contributed by atoms with Gasteiger partial charge in [-0.25, -0.2) is 4.98 Å². The molecule has 2 heterocycles. The summed E-state index contributed by atoms with van der Waals surface area (Å²) in [5.74, 6) is -0.887. The quantitative estimate of drug-likeness (QED) is 0.898. The molecular weight excluding hydrogens is 262 g/mol. The molecule has 0 aliphatic heterocycles. The Morgan fingerprint density at radius 3 is 2.84 bits per heavy atom. The van der Waals surface area contributed by atoms with Crippen LogP contribution in [0.1, 0.15) is 25.2 Å². The van der Waals surface area contributed by atoms with E-state index >= 15 is 0 Å². The van der Waals surface area contributed by atoms with Crippen molar-refractivity contribution in [2.45, 2.75) is 26.2 Å². The Hall–Kier alpha value is -1.95. The zero-order valence-electron chi connectivity index (χ0n) is 11.0. The Bertz CT molecular complexity index is 607. The summed E-state index contributed by atoms with van der Waals surface area (Å²) in [7, 11) is 0. The molecule has 2 aromatic rings. The first-order valence-electron chi connectivity index (χ1n) is 5.79. The van der Waals surface area contributed by atoms with Gasteiger partial charge in [-0.2, -0.15) is 0 Å². The highest BCUT2D eigenvalue weighted by Crippen LogP contribution is 2.29. The number of carbonyl (C=O) groups is 1. The number of anilines is 2. The minimum absolute atomic E-state index is 0.550. The first-order chi connectivity index (χ1) is 8.91. The molecule has 100 valence electrons. The monoisotopic (exact) mass is 277 g/mol. The number of thiazole rings is 1. The third kappa shape index (κ3) is 2.73. The van der Waals surface area contributed by atoms with Gasteiger partial charge < -0.3 is 10.4 Å². The molecule has 0 bridgehead atoms. The van der Waals surface area contributed by atoms with Crippen LogP contribution in [0.2, 0.25) is 0 Å². The lowest BCUT2D eigenvalue weighted by Crippen LogP contribution is -2.28. The molecule has 0 radical (unpaired) electrons. The van der Waals surface area contributed by atoms with E-state index in [0.29, 0.717) is 10.8 Å². The van der Waals surface area contributed by atoms with Crippen LogP contribution in [-0.4, -0.2) is 21.0 Å². The Morgan fingerprint density at radius 1 is 1.47 bits per heavy atom. The first kappa shape index (κ1) is 13.5. The fourth-order valence-corrected chi connectivity index (χ4v) is 2.35. The molecule has 0 atom stereocenters. The summed E-state index contributed by atoms with van der Waals surface area (Å²) in [6.07, 6.45) is 1.72. The number of hydrogen-bond acceptors (Lipinski definition) is 5. The molecular formula is C13H15N3O2S. The lowest BCUT2D eigenvalue weighted by atomic mass is 9.90. The fraction of sp³-hybridized carbons (Fsp3) is 0.308. The predicted octanol–water partition coefficient (Wildman–Crippen LogP) is 2.95. The van der Waals surface area contributed by atoms with Gasteiger partial charge in [0.2, 0.25) is 0 Å². The van der Waals surface area contributed by atoms with Gasteiger partial charge in [-0.3, -0.25) is 9.78 Å². The summed E-state index contributed by atoms with van der Waals surface area (Å²) in [6, 6.07) is 3.75. The number of aryl methyl sites for hydroxylation is 1. The van der Waals surface area contributed by atoms with Crippen LogP contribution >= 0.6 is 11.3 Å². The van der Waals surface area contributed by atoms with Gasteiger partial charge in [0.15, 0.2) is 5.13 Å². The smallest absolute Gasteiger partial charge is 0.315 e. The number of aliphatic carboxylic acids is 1. The molecule has 19 heavy (non-hydrogen) atoms. The van der Waals surface area contributed by atoms with Crippen LogP contribution in [0.5, 0.6) is 0 Å². The second-order valence-electron chi connectivity index (χ2n) is 4.73. The first-order valence-corrected chi connectivity index (χ1v) is 6.67. The van der Waals surface area contributed by atoms with Crippen molar-refractivity contribution < 1.29 is 9.90 Å². The average molecular weight is 277 g/mol. The van der Waals surface area contributed by atoms with Crippen molar-refractivity contribution in [2.75, 3.05) is 5.32 Å². The number of rotatable bonds is 4. The van der Waals surface area contributed by atoms with E-state index in [4.69, 9.17) is 0 Å². The van der Waals surface area contributed by atoms with Crippen LogP contribution in [0.15, 0.2) is 23.7 Å². The molecule has 2 N–H and O–H groups in total. The molecule has 0 spiro atoms. The van der Waals surface area contributed by atoms with Gasteiger partial charge in [0, 0.05) is 11.6 Å². The summed E-state index contributed by atoms with van der Waals surface area (Å²) in [5.41, 5.74) is 1.31. The normalized spacial score (nSPS) is 11.3. The van der Waals surface area contributed by atoms with Crippen molar-refractivity contribution in [3.8, 4) is 0 Å². The molecule has 5 nitrogen and oxygen atoms in total. The van der Waals surface area contributed by atoms with Crippen molar-refractivity contribution in [2.24, 2.45) is 0 Å². The highest BCUT2D eigenvalue weighted by Gasteiger charge is 2.32. The van der Waals surface area contributed by atoms with Crippen molar-refractivity contribution in [1.29, 1.82) is 0 Å². The van der Waals surface area contributed by atoms with Crippen molar-refractivity contribution >= 4 is 28.1 Å². The van der Waals surface area contributed by atoms with E-state index in [9.17, 15) is 9.90 Å². The number of hydrogen-bond donors (Lipinski definition) is 2. The zero-order chi connectivity index (χ0) is 14.0. The molecule has 2 rings (SSSR count). The summed E-state index contributed by atoms with van der Waals surface area (Å²) in [6.45, 7) is 5.19. The van der Waals surface area contributed by atoms with Gasteiger partial charge in [0.05, 0.1) is 17.1 Å². The minimum Gasteiger partial charge on any atom is -0.481 e. The Kier molecular flexibility index (Phi) is 3.53. The predicted molar refractivity (Wildman–Crippen MR) is 75.0 cm³/mol. The maximum atomic E-state index is 11.2. The molecule has 0 saturated carbocycles. The van der Waals surface area contributed by atoms with Gasteiger partial charge in [-0.15, -0.1) is 11.3 Å². The van der Waals surface area contributed by atoms with Crippen molar-refractivity contribution in [1.82, 2.24) is 9.97 Å². The molecule has 0 saturated heterocycles. The molecule has 0 fully saturated rings. The standard InChI is InChI=1S/C13H15N3O2S/c1-8-9(5-4-6-14-8)15-12-16-10(7-19-12)13(2,3)11(17)18/h4-7H,1-3H3,(H,15,16)(H,17,18).